The summed E-state index contributed by atoms with van der Waals surface area (Å²) in [6.07, 6.45) is 0. The third-order valence-corrected chi connectivity index (χ3v) is 3.54. The van der Waals surface area contributed by atoms with Crippen molar-refractivity contribution in [3.8, 4) is 12.1 Å². The van der Waals surface area contributed by atoms with E-state index in [1.807, 2.05) is 0 Å². The van der Waals surface area contributed by atoms with E-state index in [1.54, 1.807) is 6.07 Å². The molecule has 6 nitrogen and oxygen atoms in total. The van der Waals surface area contributed by atoms with Crippen LogP contribution in [0, 0.1) is 22.7 Å². The van der Waals surface area contributed by atoms with Crippen molar-refractivity contribution in [3.63, 3.8) is 0 Å². The number of rotatable bonds is 2. The number of nitriles is 2. The van der Waals surface area contributed by atoms with E-state index in [0.29, 0.717) is 0 Å². The minimum absolute atomic E-state index is 0.169. The Labute approximate surface area is 90.8 Å². The van der Waals surface area contributed by atoms with Gasteiger partial charge in [-0.2, -0.15) is 10.5 Å². The van der Waals surface area contributed by atoms with Gasteiger partial charge < -0.3 is 0 Å². The van der Waals surface area contributed by atoms with Gasteiger partial charge in [0, 0.05) is 0 Å². The van der Waals surface area contributed by atoms with Gasteiger partial charge >= 0.3 is 15.4 Å². The summed E-state index contributed by atoms with van der Waals surface area (Å²) in [7, 11) is -6.39. The topological polar surface area (TPSA) is 116 Å². The van der Waals surface area contributed by atoms with Gasteiger partial charge in [0.2, 0.25) is 0 Å². The fourth-order valence-electron chi connectivity index (χ4n) is 1.12. The minimum atomic E-state index is -3.25. The van der Waals surface area contributed by atoms with E-state index >= 15 is 0 Å². The van der Waals surface area contributed by atoms with Crippen molar-refractivity contribution in [1.29, 1.82) is 10.5 Å². The summed E-state index contributed by atoms with van der Waals surface area (Å²) in [6.45, 7) is 0. The second-order valence-corrected chi connectivity index (χ2v) is 4.55. The van der Waals surface area contributed by atoms with Crippen LogP contribution in [0.25, 0.3) is 0 Å². The molecule has 0 aromatic heterocycles. The largest absolute Gasteiger partial charge is 0.351 e. The van der Waals surface area contributed by atoms with Crippen LogP contribution in [0.2, 0.25) is 0 Å². The molecule has 0 radical (unpaired) electrons. The molecule has 1 rings (SSSR count). The maximum Gasteiger partial charge on any atom is 0.351 e. The summed E-state index contributed by atoms with van der Waals surface area (Å²) < 4.78 is 43.3. The first kappa shape index (κ1) is 12.1. The van der Waals surface area contributed by atoms with Gasteiger partial charge in [-0.1, -0.05) is 0 Å². The predicted molar refractivity (Wildman–Crippen MR) is 51.7 cm³/mol. The van der Waals surface area contributed by atoms with E-state index in [9.17, 15) is 18.3 Å². The van der Waals surface area contributed by atoms with Gasteiger partial charge in [0.15, 0.2) is 0 Å². The maximum atomic E-state index is 10.9. The zero-order valence-electron chi connectivity index (χ0n) is 7.58. The lowest BCUT2D eigenvalue weighted by Crippen LogP contribution is -2.19. The van der Waals surface area contributed by atoms with Crippen molar-refractivity contribution in [2.75, 3.05) is 0 Å². The van der Waals surface area contributed by atoms with E-state index < -0.39 is 31.5 Å². The highest BCUT2D eigenvalue weighted by molar-refractivity contribution is 7.48. The Morgan fingerprint density at radius 3 is 1.94 bits per heavy atom. The third kappa shape index (κ3) is 1.99. The van der Waals surface area contributed by atoms with Crippen LogP contribution < -0.4 is 10.6 Å². The molecule has 0 N–H and O–H groups in total. The smallest absolute Gasteiger partial charge is 0.232 e. The Morgan fingerprint density at radius 2 is 1.56 bits per heavy atom. The van der Waals surface area contributed by atoms with Crippen molar-refractivity contribution in [1.82, 2.24) is 0 Å². The predicted octanol–water partition coefficient (Wildman–Crippen LogP) is 1.03. The van der Waals surface area contributed by atoms with Crippen molar-refractivity contribution in [3.05, 3.63) is 23.3 Å². The molecule has 0 saturated heterocycles. The number of hydrogen-bond donors (Lipinski definition) is 0. The molecule has 0 aliphatic heterocycles. The Hall–Kier alpha value is -2.00. The fraction of sp³-hybridized carbons (Fsp3) is 0. The van der Waals surface area contributed by atoms with Crippen LogP contribution in [0.4, 0.5) is 0 Å². The van der Waals surface area contributed by atoms with Gasteiger partial charge in [-0.05, 0) is 12.1 Å². The molecule has 0 heterocycles. The third-order valence-electron chi connectivity index (χ3n) is 1.77. The lowest BCUT2D eigenvalue weighted by Gasteiger charge is -1.98. The van der Waals surface area contributed by atoms with E-state index in [-0.39, 0.29) is 5.56 Å². The molecule has 8 heteroatoms. The number of benzene rings is 1. The van der Waals surface area contributed by atoms with Crippen LogP contribution in [0.1, 0.15) is 11.1 Å². The molecule has 0 saturated carbocycles. The normalized spacial score (nSPS) is 8.88. The molecule has 0 aliphatic rings. The van der Waals surface area contributed by atoms with Crippen LogP contribution >= 0.6 is 15.4 Å². The van der Waals surface area contributed by atoms with Crippen molar-refractivity contribution in [2.45, 2.75) is 0 Å². The molecular weight excluding hydrogens is 250 g/mol. The lowest BCUT2D eigenvalue weighted by molar-refractivity contribution is 0.519. The van der Waals surface area contributed by atoms with Crippen molar-refractivity contribution in [2.24, 2.45) is 0 Å². The zero-order valence-corrected chi connectivity index (χ0v) is 9.37. The van der Waals surface area contributed by atoms with E-state index in [4.69, 9.17) is 10.5 Å². The van der Waals surface area contributed by atoms with Crippen LogP contribution in [-0.4, -0.2) is 0 Å². The summed E-state index contributed by atoms with van der Waals surface area (Å²) in [5.74, 6) is 0. The summed E-state index contributed by atoms with van der Waals surface area (Å²) in [4.78, 5) is 0. The van der Waals surface area contributed by atoms with Gasteiger partial charge in [-0.3, -0.25) is 0 Å². The Balaban J connectivity index is 3.89. The highest BCUT2D eigenvalue weighted by Crippen LogP contribution is 2.16. The average molecular weight is 252 g/mol. The molecule has 1 aromatic rings. The highest BCUT2D eigenvalue weighted by Gasteiger charge is 2.20. The fourth-order valence-corrected chi connectivity index (χ4v) is 2.70. The van der Waals surface area contributed by atoms with Gasteiger partial charge in [0.25, 0.3) is 0 Å². The molecule has 0 aliphatic carbocycles. The summed E-state index contributed by atoms with van der Waals surface area (Å²) in [5.41, 5.74) is -0.604. The standard InChI is InChI=1S/C8H2N2O4P2/c9-3-5-1-2-7(15(11)12)8(16(13)14)6(5)4-10/h1-2H. The molecule has 0 atom stereocenters. The van der Waals surface area contributed by atoms with Gasteiger partial charge in [0.05, 0.1) is 16.4 Å². The molecule has 0 bridgehead atoms. The summed E-state index contributed by atoms with van der Waals surface area (Å²) >= 11 is 0. The number of nitrogens with zero attached hydrogens (tertiary/aromatic N) is 2. The van der Waals surface area contributed by atoms with Crippen LogP contribution in [0.5, 0.6) is 0 Å². The summed E-state index contributed by atoms with van der Waals surface area (Å²) in [6, 6.07) is 5.23. The van der Waals surface area contributed by atoms with Gasteiger partial charge in [0.1, 0.15) is 17.4 Å². The number of hydrogen-bond acceptors (Lipinski definition) is 6. The lowest BCUT2D eigenvalue weighted by atomic mass is 10.1. The van der Waals surface area contributed by atoms with Gasteiger partial charge in [-0.15, -0.1) is 0 Å². The van der Waals surface area contributed by atoms with E-state index in [2.05, 4.69) is 0 Å². The monoisotopic (exact) mass is 252 g/mol. The molecule has 0 amide bonds. The Bertz CT molecular complexity index is 659. The SMILES string of the molecule is N#Cc1ccc(P(=O)=O)c(P(=O)=O)c1C#N. The molecule has 16 heavy (non-hydrogen) atoms. The Kier molecular flexibility index (Phi) is 3.53. The molecule has 78 valence electrons. The maximum absolute atomic E-state index is 10.9. The second-order valence-electron chi connectivity index (χ2n) is 2.59. The average Bonchev–Trinajstić information content (AvgIpc) is 2.26. The first-order valence-corrected chi connectivity index (χ1v) is 6.14. The Morgan fingerprint density at radius 1 is 0.938 bits per heavy atom. The summed E-state index contributed by atoms with van der Waals surface area (Å²) in [5, 5.41) is 16.3. The van der Waals surface area contributed by atoms with Crippen molar-refractivity contribution < 1.29 is 18.3 Å². The van der Waals surface area contributed by atoms with Crippen LogP contribution in [-0.2, 0) is 18.3 Å². The van der Waals surface area contributed by atoms with Crippen LogP contribution in [0.3, 0.4) is 0 Å². The molecule has 0 fully saturated rings. The molecular formula is C8H2N2O4P2. The second kappa shape index (κ2) is 4.68. The first-order chi connectivity index (χ1) is 7.52. The van der Waals surface area contributed by atoms with E-state index in [0.717, 1.165) is 12.1 Å². The zero-order chi connectivity index (χ0) is 12.3. The highest BCUT2D eigenvalue weighted by atomic mass is 31.1. The minimum Gasteiger partial charge on any atom is -0.232 e. The first-order valence-electron chi connectivity index (χ1n) is 3.79. The van der Waals surface area contributed by atoms with E-state index in [1.165, 1.54) is 6.07 Å². The molecule has 1 aromatic carbocycles. The van der Waals surface area contributed by atoms with Crippen molar-refractivity contribution >= 4 is 26.0 Å². The molecule has 0 unspecified atom stereocenters. The molecule has 0 spiro atoms. The van der Waals surface area contributed by atoms with Crippen LogP contribution in [0.15, 0.2) is 12.1 Å². The quantitative estimate of drug-likeness (QED) is 0.725. The van der Waals surface area contributed by atoms with Gasteiger partial charge in [-0.25, -0.2) is 18.3 Å².